The summed E-state index contributed by atoms with van der Waals surface area (Å²) in [6, 6.07) is 19.0. The molecule has 4 rings (SSSR count). The molecule has 1 N–H and O–H groups in total. The lowest BCUT2D eigenvalue weighted by molar-refractivity contribution is -0.153. The maximum absolute atomic E-state index is 14.0. The molecule has 1 aliphatic rings. The minimum Gasteiger partial charge on any atom is -0.465 e. The molecular weight excluding hydrogens is 460 g/mol. The van der Waals surface area contributed by atoms with Gasteiger partial charge in [0, 0.05) is 22.7 Å². The van der Waals surface area contributed by atoms with Crippen LogP contribution in [0, 0.1) is 0 Å². The van der Waals surface area contributed by atoms with E-state index < -0.39 is 23.3 Å². The van der Waals surface area contributed by atoms with E-state index in [4.69, 9.17) is 14.5 Å². The number of esters is 2. The molecule has 0 bridgehead atoms. The van der Waals surface area contributed by atoms with E-state index >= 15 is 0 Å². The Morgan fingerprint density at radius 2 is 1.63 bits per heavy atom. The van der Waals surface area contributed by atoms with E-state index in [0.717, 1.165) is 16.8 Å². The van der Waals surface area contributed by atoms with Crippen molar-refractivity contribution >= 4 is 23.3 Å². The van der Waals surface area contributed by atoms with E-state index in [-0.39, 0.29) is 19.3 Å². The molecule has 7 heteroatoms. The Morgan fingerprint density at radius 3 is 2.26 bits per heavy atom. The molecule has 0 saturated carbocycles. The summed E-state index contributed by atoms with van der Waals surface area (Å²) in [5, 5.41) is 6.02. The standard InChI is InChI=1S/C28H30N2O4S/c1-5-33-26(31)23-18(3)29-19(4)28(27(32)34-6-2,21-15-11-8-12-16-21)24(23)25-30-22(17-35-25)20-13-9-7-10-14-20/h7-17,19,24,29H,5-6H2,1-4H3. The fourth-order valence-electron chi connectivity index (χ4n) is 4.96. The van der Waals surface area contributed by atoms with Gasteiger partial charge in [0.25, 0.3) is 0 Å². The first kappa shape index (κ1) is 24.7. The van der Waals surface area contributed by atoms with E-state index in [1.807, 2.05) is 79.9 Å². The molecule has 3 aromatic rings. The number of allylic oxidation sites excluding steroid dienone is 1. The van der Waals surface area contributed by atoms with Crippen LogP contribution < -0.4 is 5.32 Å². The third-order valence-corrected chi connectivity index (χ3v) is 7.37. The van der Waals surface area contributed by atoms with Crippen molar-refractivity contribution < 1.29 is 19.1 Å². The molecule has 6 nitrogen and oxygen atoms in total. The number of ether oxygens (including phenoxy) is 2. The largest absolute Gasteiger partial charge is 0.465 e. The number of hydrogen-bond donors (Lipinski definition) is 1. The van der Waals surface area contributed by atoms with Crippen LogP contribution >= 0.6 is 11.3 Å². The van der Waals surface area contributed by atoms with Crippen molar-refractivity contribution in [2.75, 3.05) is 13.2 Å². The topological polar surface area (TPSA) is 77.5 Å². The van der Waals surface area contributed by atoms with Crippen molar-refractivity contribution in [3.63, 3.8) is 0 Å². The third kappa shape index (κ3) is 4.36. The molecule has 3 atom stereocenters. The van der Waals surface area contributed by atoms with Gasteiger partial charge in [-0.05, 0) is 33.3 Å². The van der Waals surface area contributed by atoms with Crippen molar-refractivity contribution in [2.24, 2.45) is 0 Å². The molecule has 0 amide bonds. The zero-order chi connectivity index (χ0) is 25.0. The summed E-state index contributed by atoms with van der Waals surface area (Å²) in [4.78, 5) is 32.3. The minimum absolute atomic E-state index is 0.220. The van der Waals surface area contributed by atoms with Gasteiger partial charge in [-0.2, -0.15) is 0 Å². The molecule has 0 fully saturated rings. The number of thiazole rings is 1. The number of benzene rings is 2. The number of carbonyl (C=O) groups excluding carboxylic acids is 2. The second kappa shape index (κ2) is 10.4. The average Bonchev–Trinajstić information content (AvgIpc) is 3.35. The average molecular weight is 491 g/mol. The van der Waals surface area contributed by atoms with Gasteiger partial charge in [-0.1, -0.05) is 60.7 Å². The summed E-state index contributed by atoms with van der Waals surface area (Å²) < 4.78 is 11.2. The van der Waals surface area contributed by atoms with Gasteiger partial charge in [0.2, 0.25) is 0 Å². The van der Waals surface area contributed by atoms with Gasteiger partial charge in [-0.15, -0.1) is 11.3 Å². The van der Waals surface area contributed by atoms with Crippen LogP contribution in [0.5, 0.6) is 0 Å². The smallest absolute Gasteiger partial charge is 0.336 e. The van der Waals surface area contributed by atoms with Gasteiger partial charge in [0.05, 0.1) is 30.4 Å². The minimum atomic E-state index is -1.23. The Hall–Kier alpha value is -3.45. The molecule has 0 aliphatic carbocycles. The Bertz CT molecular complexity index is 1220. The first-order valence-electron chi connectivity index (χ1n) is 11.8. The van der Waals surface area contributed by atoms with Gasteiger partial charge >= 0.3 is 11.9 Å². The van der Waals surface area contributed by atoms with Crippen LogP contribution in [0.3, 0.4) is 0 Å². The highest BCUT2D eigenvalue weighted by Gasteiger charge is 2.59. The molecule has 0 spiro atoms. The predicted molar refractivity (Wildman–Crippen MR) is 137 cm³/mol. The second-order valence-corrected chi connectivity index (χ2v) is 9.34. The number of nitrogens with zero attached hydrogens (tertiary/aromatic N) is 1. The van der Waals surface area contributed by atoms with Gasteiger partial charge in [0.1, 0.15) is 10.4 Å². The van der Waals surface area contributed by atoms with E-state index in [1.165, 1.54) is 11.3 Å². The van der Waals surface area contributed by atoms with Gasteiger partial charge in [-0.25, -0.2) is 9.78 Å². The van der Waals surface area contributed by atoms with Gasteiger partial charge < -0.3 is 14.8 Å². The molecule has 0 saturated heterocycles. The van der Waals surface area contributed by atoms with E-state index in [2.05, 4.69) is 5.32 Å². The van der Waals surface area contributed by atoms with Crippen LogP contribution in [-0.4, -0.2) is 36.2 Å². The van der Waals surface area contributed by atoms with Crippen molar-refractivity contribution in [1.29, 1.82) is 0 Å². The van der Waals surface area contributed by atoms with Crippen LogP contribution in [0.2, 0.25) is 0 Å². The van der Waals surface area contributed by atoms with Crippen LogP contribution in [0.4, 0.5) is 0 Å². The van der Waals surface area contributed by atoms with Crippen molar-refractivity contribution in [2.45, 2.75) is 45.1 Å². The SMILES string of the molecule is CCOC(=O)C1=C(C)NC(C)C(C(=O)OCC)(c2ccccc2)C1c1nc(-c2ccccc2)cs1. The third-order valence-electron chi connectivity index (χ3n) is 6.46. The van der Waals surface area contributed by atoms with E-state index in [0.29, 0.717) is 16.3 Å². The Morgan fingerprint density at radius 1 is 1.00 bits per heavy atom. The fourth-order valence-corrected chi connectivity index (χ4v) is 5.98. The van der Waals surface area contributed by atoms with Crippen LogP contribution in [0.1, 0.15) is 44.2 Å². The number of aromatic nitrogens is 1. The van der Waals surface area contributed by atoms with Crippen LogP contribution in [0.15, 0.2) is 77.3 Å². The summed E-state index contributed by atoms with van der Waals surface area (Å²) in [5.74, 6) is -1.56. The maximum Gasteiger partial charge on any atom is 0.336 e. The lowest BCUT2D eigenvalue weighted by atomic mass is 9.61. The number of carbonyl (C=O) groups is 2. The molecule has 182 valence electrons. The molecule has 35 heavy (non-hydrogen) atoms. The first-order valence-corrected chi connectivity index (χ1v) is 12.7. The molecule has 0 radical (unpaired) electrons. The van der Waals surface area contributed by atoms with Crippen molar-refractivity contribution in [3.05, 3.63) is 87.9 Å². The highest BCUT2D eigenvalue weighted by molar-refractivity contribution is 7.10. The summed E-state index contributed by atoms with van der Waals surface area (Å²) in [7, 11) is 0. The molecule has 1 aromatic heterocycles. The van der Waals surface area contributed by atoms with Crippen LogP contribution in [-0.2, 0) is 24.5 Å². The number of hydrogen-bond acceptors (Lipinski definition) is 7. The van der Waals surface area contributed by atoms with Crippen molar-refractivity contribution in [3.8, 4) is 11.3 Å². The molecule has 2 aromatic carbocycles. The Labute approximate surface area is 210 Å². The van der Waals surface area contributed by atoms with Crippen molar-refractivity contribution in [1.82, 2.24) is 10.3 Å². The van der Waals surface area contributed by atoms with E-state index in [1.54, 1.807) is 13.8 Å². The van der Waals surface area contributed by atoms with Gasteiger partial charge in [-0.3, -0.25) is 4.79 Å². The number of rotatable bonds is 7. The monoisotopic (exact) mass is 490 g/mol. The maximum atomic E-state index is 14.0. The first-order chi connectivity index (χ1) is 16.9. The second-order valence-electron chi connectivity index (χ2n) is 8.45. The van der Waals surface area contributed by atoms with Crippen LogP contribution in [0.25, 0.3) is 11.3 Å². The highest BCUT2D eigenvalue weighted by atomic mass is 32.1. The lowest BCUT2D eigenvalue weighted by Crippen LogP contribution is -2.60. The van der Waals surface area contributed by atoms with E-state index in [9.17, 15) is 9.59 Å². The quantitative estimate of drug-likeness (QED) is 0.458. The summed E-state index contributed by atoms with van der Waals surface area (Å²) >= 11 is 1.44. The highest BCUT2D eigenvalue weighted by Crippen LogP contribution is 2.51. The summed E-state index contributed by atoms with van der Waals surface area (Å²) in [6.45, 7) is 7.81. The molecular formula is C28H30N2O4S. The molecule has 3 unspecified atom stereocenters. The molecule has 1 aliphatic heterocycles. The summed E-state index contributed by atoms with van der Waals surface area (Å²) in [6.07, 6.45) is 0. The number of nitrogens with one attached hydrogen (secondary N) is 1. The van der Waals surface area contributed by atoms with Gasteiger partial charge in [0.15, 0.2) is 0 Å². The normalized spacial score (nSPS) is 21.8. The fraction of sp³-hybridized carbons (Fsp3) is 0.321. The zero-order valence-electron chi connectivity index (χ0n) is 20.4. The predicted octanol–water partition coefficient (Wildman–Crippen LogP) is 5.22. The molecule has 2 heterocycles. The Balaban J connectivity index is 2.01. The summed E-state index contributed by atoms with van der Waals surface area (Å²) in [5.41, 5.74) is 2.36. The zero-order valence-corrected chi connectivity index (χ0v) is 21.2. The lowest BCUT2D eigenvalue weighted by Gasteiger charge is -2.47. The Kier molecular flexibility index (Phi) is 7.36.